The molecule has 2 heterocycles. The van der Waals surface area contributed by atoms with Crippen molar-refractivity contribution in [2.24, 2.45) is 0 Å². The maximum absolute atomic E-state index is 12.8. The maximum atomic E-state index is 12.8. The zero-order valence-corrected chi connectivity index (χ0v) is 16.8. The molecule has 7 nitrogen and oxygen atoms in total. The average molecular weight is 404 g/mol. The standard InChI is InChI=1S/C23H24N4O3/c1-30-19-10-7-17(8-11-19)26-23(29)20-14-24-21-12-9-18(15-27(20)21)25-22(28)13-16-5-3-2-4-6-16/h2-8,10-11,14,18H,9,12-13,15H2,1H3,(H,25,28)(H,26,29)/t18-/m0/s1. The molecule has 0 fully saturated rings. The lowest BCUT2D eigenvalue weighted by molar-refractivity contribution is -0.121. The van der Waals surface area contributed by atoms with E-state index in [1.807, 2.05) is 34.9 Å². The molecule has 7 heteroatoms. The van der Waals surface area contributed by atoms with Gasteiger partial charge < -0.3 is 19.9 Å². The van der Waals surface area contributed by atoms with E-state index in [1.54, 1.807) is 37.6 Å². The first-order valence-electron chi connectivity index (χ1n) is 9.95. The second kappa shape index (κ2) is 8.82. The Hall–Kier alpha value is -3.61. The third kappa shape index (κ3) is 4.51. The average Bonchev–Trinajstić information content (AvgIpc) is 3.18. The predicted molar refractivity (Wildman–Crippen MR) is 114 cm³/mol. The summed E-state index contributed by atoms with van der Waals surface area (Å²) >= 11 is 0. The van der Waals surface area contributed by atoms with Gasteiger partial charge in [0.25, 0.3) is 5.91 Å². The number of aryl methyl sites for hydroxylation is 1. The van der Waals surface area contributed by atoms with Crippen LogP contribution in [0.15, 0.2) is 60.8 Å². The first-order chi connectivity index (χ1) is 14.6. The molecule has 1 atom stereocenters. The predicted octanol–water partition coefficient (Wildman–Crippen LogP) is 2.82. The minimum absolute atomic E-state index is 0.0148. The highest BCUT2D eigenvalue weighted by molar-refractivity contribution is 6.03. The highest BCUT2D eigenvalue weighted by atomic mass is 16.5. The van der Waals surface area contributed by atoms with Crippen molar-refractivity contribution in [3.63, 3.8) is 0 Å². The Labute approximate surface area is 175 Å². The van der Waals surface area contributed by atoms with Crippen molar-refractivity contribution in [2.75, 3.05) is 12.4 Å². The lowest BCUT2D eigenvalue weighted by Crippen LogP contribution is -2.42. The fourth-order valence-corrected chi connectivity index (χ4v) is 3.66. The van der Waals surface area contributed by atoms with Gasteiger partial charge in [-0.05, 0) is 36.2 Å². The van der Waals surface area contributed by atoms with Crippen molar-refractivity contribution in [3.8, 4) is 5.75 Å². The number of benzene rings is 2. The van der Waals surface area contributed by atoms with Crippen molar-refractivity contribution in [1.29, 1.82) is 0 Å². The van der Waals surface area contributed by atoms with Gasteiger partial charge in [-0.3, -0.25) is 9.59 Å². The van der Waals surface area contributed by atoms with Crippen LogP contribution in [0.5, 0.6) is 5.75 Å². The molecule has 1 aliphatic heterocycles. The maximum Gasteiger partial charge on any atom is 0.273 e. The highest BCUT2D eigenvalue weighted by Crippen LogP contribution is 2.20. The summed E-state index contributed by atoms with van der Waals surface area (Å²) in [4.78, 5) is 29.6. The van der Waals surface area contributed by atoms with Crippen molar-refractivity contribution in [3.05, 3.63) is 77.9 Å². The molecule has 0 unspecified atom stereocenters. The Morgan fingerprint density at radius 2 is 1.90 bits per heavy atom. The third-order valence-electron chi connectivity index (χ3n) is 5.21. The third-order valence-corrected chi connectivity index (χ3v) is 5.21. The lowest BCUT2D eigenvalue weighted by Gasteiger charge is -2.26. The van der Waals surface area contributed by atoms with Gasteiger partial charge in [-0.1, -0.05) is 30.3 Å². The molecule has 0 aliphatic carbocycles. The van der Waals surface area contributed by atoms with Crippen molar-refractivity contribution in [1.82, 2.24) is 14.9 Å². The Balaban J connectivity index is 1.40. The van der Waals surface area contributed by atoms with E-state index in [0.717, 1.165) is 23.6 Å². The minimum atomic E-state index is -0.227. The van der Waals surface area contributed by atoms with E-state index < -0.39 is 0 Å². The number of carbonyl (C=O) groups excluding carboxylic acids is 2. The first kappa shape index (κ1) is 19.7. The number of rotatable bonds is 6. The van der Waals surface area contributed by atoms with Crippen LogP contribution >= 0.6 is 0 Å². The number of aromatic nitrogens is 2. The summed E-state index contributed by atoms with van der Waals surface area (Å²) in [5.74, 6) is 1.35. The fraction of sp³-hybridized carbons (Fsp3) is 0.261. The van der Waals surface area contributed by atoms with E-state index in [2.05, 4.69) is 15.6 Å². The molecule has 0 bridgehead atoms. The van der Waals surface area contributed by atoms with Gasteiger partial charge in [-0.15, -0.1) is 0 Å². The van der Waals surface area contributed by atoms with E-state index >= 15 is 0 Å². The van der Waals surface area contributed by atoms with Gasteiger partial charge in [0.2, 0.25) is 5.91 Å². The minimum Gasteiger partial charge on any atom is -0.497 e. The number of amides is 2. The number of imidazole rings is 1. The molecular formula is C23H24N4O3. The summed E-state index contributed by atoms with van der Waals surface area (Å²) in [6.45, 7) is 0.529. The fourth-order valence-electron chi connectivity index (χ4n) is 3.66. The highest BCUT2D eigenvalue weighted by Gasteiger charge is 2.25. The van der Waals surface area contributed by atoms with Crippen LogP contribution in [0, 0.1) is 0 Å². The quantitative estimate of drug-likeness (QED) is 0.662. The summed E-state index contributed by atoms with van der Waals surface area (Å²) in [7, 11) is 1.60. The number of hydrogen-bond donors (Lipinski definition) is 2. The second-order valence-electron chi connectivity index (χ2n) is 7.32. The Morgan fingerprint density at radius 1 is 1.13 bits per heavy atom. The molecule has 154 valence electrons. The Morgan fingerprint density at radius 3 is 2.63 bits per heavy atom. The monoisotopic (exact) mass is 404 g/mol. The summed E-state index contributed by atoms with van der Waals surface area (Å²) < 4.78 is 7.04. The van der Waals surface area contributed by atoms with E-state index in [1.165, 1.54) is 0 Å². The van der Waals surface area contributed by atoms with Crippen LogP contribution in [0.25, 0.3) is 0 Å². The molecule has 4 rings (SSSR count). The van der Waals surface area contributed by atoms with Crippen molar-refractivity contribution in [2.45, 2.75) is 31.8 Å². The van der Waals surface area contributed by atoms with Gasteiger partial charge in [0, 0.05) is 24.7 Å². The largest absolute Gasteiger partial charge is 0.497 e. The van der Waals surface area contributed by atoms with Crippen LogP contribution in [0.4, 0.5) is 5.69 Å². The number of anilines is 1. The number of methoxy groups -OCH3 is 1. The molecule has 1 aromatic heterocycles. The summed E-state index contributed by atoms with van der Waals surface area (Å²) in [5, 5.41) is 5.98. The summed E-state index contributed by atoms with van der Waals surface area (Å²) in [6.07, 6.45) is 3.46. The topological polar surface area (TPSA) is 85.2 Å². The zero-order valence-electron chi connectivity index (χ0n) is 16.8. The number of carbonyl (C=O) groups is 2. The number of nitrogens with one attached hydrogen (secondary N) is 2. The number of ether oxygens (including phenoxy) is 1. The normalized spacial score (nSPS) is 15.2. The first-order valence-corrected chi connectivity index (χ1v) is 9.95. The van der Waals surface area contributed by atoms with Crippen LogP contribution in [0.3, 0.4) is 0 Å². The van der Waals surface area contributed by atoms with Crippen LogP contribution in [-0.4, -0.2) is 34.5 Å². The second-order valence-corrected chi connectivity index (χ2v) is 7.32. The van der Waals surface area contributed by atoms with Gasteiger partial charge in [0.1, 0.15) is 17.3 Å². The van der Waals surface area contributed by atoms with E-state index in [4.69, 9.17) is 4.74 Å². The van der Waals surface area contributed by atoms with Crippen LogP contribution in [0.1, 0.15) is 28.3 Å². The van der Waals surface area contributed by atoms with Gasteiger partial charge >= 0.3 is 0 Å². The molecular weight excluding hydrogens is 380 g/mol. The molecule has 2 N–H and O–H groups in total. The van der Waals surface area contributed by atoms with Gasteiger partial charge in [0.05, 0.1) is 19.7 Å². The Bertz CT molecular complexity index is 1030. The van der Waals surface area contributed by atoms with Crippen LogP contribution in [0.2, 0.25) is 0 Å². The summed E-state index contributed by atoms with van der Waals surface area (Å²) in [5.41, 5.74) is 2.15. The SMILES string of the molecule is COc1ccc(NC(=O)c2cnc3n2C[C@@H](NC(=O)Cc2ccccc2)CC3)cc1. The number of hydrogen-bond acceptors (Lipinski definition) is 4. The van der Waals surface area contributed by atoms with Crippen molar-refractivity contribution >= 4 is 17.5 Å². The van der Waals surface area contributed by atoms with Gasteiger partial charge in [-0.2, -0.15) is 0 Å². The molecule has 0 saturated carbocycles. The van der Waals surface area contributed by atoms with Crippen LogP contribution < -0.4 is 15.4 Å². The van der Waals surface area contributed by atoms with Gasteiger partial charge in [-0.25, -0.2) is 4.98 Å². The van der Waals surface area contributed by atoms with Gasteiger partial charge in [0.15, 0.2) is 0 Å². The van der Waals surface area contributed by atoms with Crippen LogP contribution in [-0.2, 0) is 24.2 Å². The smallest absolute Gasteiger partial charge is 0.273 e. The molecule has 3 aromatic rings. The molecule has 0 spiro atoms. The molecule has 30 heavy (non-hydrogen) atoms. The number of nitrogens with zero attached hydrogens (tertiary/aromatic N) is 2. The molecule has 0 saturated heterocycles. The van der Waals surface area contributed by atoms with Crippen molar-refractivity contribution < 1.29 is 14.3 Å². The lowest BCUT2D eigenvalue weighted by atomic mass is 10.1. The molecule has 1 aliphatic rings. The molecule has 0 radical (unpaired) electrons. The zero-order chi connectivity index (χ0) is 20.9. The molecule has 2 amide bonds. The Kier molecular flexibility index (Phi) is 5.79. The molecule has 2 aromatic carbocycles. The van der Waals surface area contributed by atoms with E-state index in [9.17, 15) is 9.59 Å². The van der Waals surface area contributed by atoms with E-state index in [0.29, 0.717) is 30.8 Å². The summed E-state index contributed by atoms with van der Waals surface area (Å²) in [6, 6.07) is 16.8. The van der Waals surface area contributed by atoms with E-state index in [-0.39, 0.29) is 17.9 Å². The number of fused-ring (bicyclic) bond motifs is 1.